The third-order valence-corrected chi connectivity index (χ3v) is 5.73. The van der Waals surface area contributed by atoms with E-state index in [9.17, 15) is 14.4 Å². The summed E-state index contributed by atoms with van der Waals surface area (Å²) in [6, 6.07) is 4.97. The van der Waals surface area contributed by atoms with Gasteiger partial charge in [-0.3, -0.25) is 24.9 Å². The quantitative estimate of drug-likeness (QED) is 0.800. The van der Waals surface area contributed by atoms with Gasteiger partial charge in [-0.15, -0.1) is 0 Å². The van der Waals surface area contributed by atoms with Gasteiger partial charge in [-0.1, -0.05) is 13.0 Å². The molecule has 0 aliphatic carbocycles. The highest BCUT2D eigenvalue weighted by Gasteiger charge is 2.51. The first-order valence-corrected chi connectivity index (χ1v) is 9.18. The van der Waals surface area contributed by atoms with E-state index >= 15 is 0 Å². The number of aromatic nitrogens is 2. The summed E-state index contributed by atoms with van der Waals surface area (Å²) in [5, 5.41) is 5.17. The van der Waals surface area contributed by atoms with Gasteiger partial charge in [0.05, 0.1) is 11.1 Å². The van der Waals surface area contributed by atoms with Crippen molar-refractivity contribution in [3.05, 3.63) is 36.2 Å². The molecule has 1 unspecified atom stereocenters. The van der Waals surface area contributed by atoms with Gasteiger partial charge in [0.25, 0.3) is 11.8 Å². The van der Waals surface area contributed by atoms with E-state index in [2.05, 4.69) is 20.6 Å². The maximum absolute atomic E-state index is 13.0. The largest absolute Gasteiger partial charge is 0.339 e. The Morgan fingerprint density at radius 3 is 2.63 bits per heavy atom. The monoisotopic (exact) mass is 367 g/mol. The van der Waals surface area contributed by atoms with Crippen molar-refractivity contribution in [3.63, 3.8) is 0 Å². The zero-order valence-corrected chi connectivity index (χ0v) is 15.1. The number of rotatable bonds is 3. The number of nitrogens with zero attached hydrogens (tertiary/aromatic N) is 3. The number of urea groups is 1. The van der Waals surface area contributed by atoms with Crippen molar-refractivity contribution in [3.8, 4) is 0 Å². The fourth-order valence-corrected chi connectivity index (χ4v) is 4.24. The van der Waals surface area contributed by atoms with Gasteiger partial charge in [0.1, 0.15) is 11.1 Å². The van der Waals surface area contributed by atoms with E-state index in [1.807, 2.05) is 19.1 Å². The van der Waals surface area contributed by atoms with Crippen LogP contribution >= 0.6 is 0 Å². The number of benzene rings is 1. The van der Waals surface area contributed by atoms with Crippen LogP contribution in [0, 0.1) is 5.92 Å². The second-order valence-corrected chi connectivity index (χ2v) is 7.03. The van der Waals surface area contributed by atoms with E-state index in [0.29, 0.717) is 48.9 Å². The first kappa shape index (κ1) is 17.4. The van der Waals surface area contributed by atoms with Gasteiger partial charge in [0.2, 0.25) is 0 Å². The van der Waals surface area contributed by atoms with Crippen LogP contribution in [0.1, 0.15) is 36.5 Å². The first-order chi connectivity index (χ1) is 13.0. The van der Waals surface area contributed by atoms with Crippen molar-refractivity contribution in [1.29, 1.82) is 0 Å². The Balaban J connectivity index is 1.51. The van der Waals surface area contributed by atoms with Gasteiger partial charge in [0.15, 0.2) is 0 Å². The molecule has 2 saturated heterocycles. The van der Waals surface area contributed by atoms with Crippen LogP contribution in [0.3, 0.4) is 0 Å². The second kappa shape index (κ2) is 6.61. The van der Waals surface area contributed by atoms with Crippen LogP contribution in [-0.4, -0.2) is 51.3 Å². The Labute approximate surface area is 156 Å². The molecule has 2 N–H and O–H groups in total. The summed E-state index contributed by atoms with van der Waals surface area (Å²) in [5.41, 5.74) is 0.959. The number of hydrogen-bond donors (Lipinski definition) is 2. The molecule has 2 fully saturated rings. The minimum atomic E-state index is -0.864. The van der Waals surface area contributed by atoms with Gasteiger partial charge in [-0.2, -0.15) is 0 Å². The molecule has 0 radical (unpaired) electrons. The second-order valence-electron chi connectivity index (χ2n) is 7.03. The van der Waals surface area contributed by atoms with Crippen LogP contribution in [-0.2, 0) is 4.79 Å². The van der Waals surface area contributed by atoms with Gasteiger partial charge in [-0.05, 0) is 37.3 Å². The molecule has 1 atom stereocenters. The van der Waals surface area contributed by atoms with E-state index in [4.69, 9.17) is 0 Å². The number of amides is 4. The predicted octanol–water partition coefficient (Wildman–Crippen LogP) is 1.47. The molecule has 1 aromatic carbocycles. The standard InChI is InChI=1S/C19H21N5O3/c1-2-19(17(26)22-18(27)23-19)12-6-10-24(11-7-12)16(25)13-4-3-5-14-15(13)21-9-8-20-14/h3-5,8-9,12H,2,6-7,10-11H2,1H3,(H2,22,23,26,27). The number of fused-ring (bicyclic) bond motifs is 1. The molecule has 27 heavy (non-hydrogen) atoms. The highest BCUT2D eigenvalue weighted by atomic mass is 16.2. The molecule has 140 valence electrons. The normalized spacial score (nSPS) is 23.4. The first-order valence-electron chi connectivity index (χ1n) is 9.18. The maximum atomic E-state index is 13.0. The minimum Gasteiger partial charge on any atom is -0.339 e. The Morgan fingerprint density at radius 1 is 1.22 bits per heavy atom. The number of carbonyl (C=O) groups excluding carboxylic acids is 3. The molecule has 4 amide bonds. The predicted molar refractivity (Wildman–Crippen MR) is 97.9 cm³/mol. The fourth-order valence-electron chi connectivity index (χ4n) is 4.24. The summed E-state index contributed by atoms with van der Waals surface area (Å²) < 4.78 is 0. The summed E-state index contributed by atoms with van der Waals surface area (Å²) in [4.78, 5) is 47.3. The van der Waals surface area contributed by atoms with Crippen molar-refractivity contribution in [2.75, 3.05) is 13.1 Å². The average molecular weight is 367 g/mol. The van der Waals surface area contributed by atoms with Crippen LogP contribution in [0.25, 0.3) is 11.0 Å². The lowest BCUT2D eigenvalue weighted by Gasteiger charge is -2.40. The Morgan fingerprint density at radius 2 is 1.96 bits per heavy atom. The van der Waals surface area contributed by atoms with Gasteiger partial charge in [-0.25, -0.2) is 4.79 Å². The molecule has 8 nitrogen and oxygen atoms in total. The fraction of sp³-hybridized carbons (Fsp3) is 0.421. The number of imide groups is 1. The van der Waals surface area contributed by atoms with E-state index in [1.165, 1.54) is 0 Å². The van der Waals surface area contributed by atoms with Crippen LogP contribution in [0.4, 0.5) is 4.79 Å². The molecule has 8 heteroatoms. The van der Waals surface area contributed by atoms with Crippen molar-refractivity contribution in [2.45, 2.75) is 31.7 Å². The van der Waals surface area contributed by atoms with E-state index < -0.39 is 11.6 Å². The summed E-state index contributed by atoms with van der Waals surface area (Å²) in [5.74, 6) is -0.334. The molecular weight excluding hydrogens is 346 g/mol. The Kier molecular flexibility index (Phi) is 4.25. The number of nitrogens with one attached hydrogen (secondary N) is 2. The Bertz CT molecular complexity index is 917. The zero-order chi connectivity index (χ0) is 19.0. The molecule has 2 aliphatic heterocycles. The molecule has 4 rings (SSSR count). The average Bonchev–Trinajstić information content (AvgIpc) is 3.01. The molecule has 2 aromatic rings. The molecule has 3 heterocycles. The van der Waals surface area contributed by atoms with Crippen LogP contribution < -0.4 is 10.6 Å². The lowest BCUT2D eigenvalue weighted by molar-refractivity contribution is -0.126. The molecule has 0 bridgehead atoms. The van der Waals surface area contributed by atoms with Crippen molar-refractivity contribution in [1.82, 2.24) is 25.5 Å². The number of para-hydroxylation sites is 1. The van der Waals surface area contributed by atoms with E-state index in [-0.39, 0.29) is 17.7 Å². The van der Waals surface area contributed by atoms with Crippen LogP contribution in [0.5, 0.6) is 0 Å². The summed E-state index contributed by atoms with van der Waals surface area (Å²) in [6.07, 6.45) is 5.03. The third-order valence-electron chi connectivity index (χ3n) is 5.73. The SMILES string of the molecule is CCC1(C2CCN(C(=O)c3cccc4nccnc34)CC2)NC(=O)NC1=O. The van der Waals surface area contributed by atoms with E-state index in [0.717, 1.165) is 0 Å². The molecule has 2 aliphatic rings. The third kappa shape index (κ3) is 2.81. The number of carbonyl (C=O) groups is 3. The smallest absolute Gasteiger partial charge is 0.322 e. The molecule has 0 saturated carbocycles. The minimum absolute atomic E-state index is 0.00492. The van der Waals surface area contributed by atoms with Gasteiger partial charge in [0, 0.05) is 25.5 Å². The Hall–Kier alpha value is -3.03. The van der Waals surface area contributed by atoms with Crippen LogP contribution in [0.2, 0.25) is 0 Å². The number of hydrogen-bond acceptors (Lipinski definition) is 5. The highest BCUT2D eigenvalue weighted by Crippen LogP contribution is 2.34. The van der Waals surface area contributed by atoms with Crippen LogP contribution in [0.15, 0.2) is 30.6 Å². The molecule has 1 aromatic heterocycles. The van der Waals surface area contributed by atoms with Gasteiger partial charge < -0.3 is 10.2 Å². The molecule has 0 spiro atoms. The maximum Gasteiger partial charge on any atom is 0.322 e. The van der Waals surface area contributed by atoms with Gasteiger partial charge >= 0.3 is 6.03 Å². The lowest BCUT2D eigenvalue weighted by atomic mass is 9.76. The summed E-state index contributed by atoms with van der Waals surface area (Å²) in [6.45, 7) is 2.97. The zero-order valence-electron chi connectivity index (χ0n) is 15.1. The number of likely N-dealkylation sites (tertiary alicyclic amines) is 1. The van der Waals surface area contributed by atoms with Crippen molar-refractivity contribution < 1.29 is 14.4 Å². The summed E-state index contributed by atoms with van der Waals surface area (Å²) >= 11 is 0. The topological polar surface area (TPSA) is 104 Å². The highest BCUT2D eigenvalue weighted by molar-refractivity contribution is 6.07. The molecular formula is C19H21N5O3. The number of piperidine rings is 1. The van der Waals surface area contributed by atoms with Crippen molar-refractivity contribution in [2.24, 2.45) is 5.92 Å². The lowest BCUT2D eigenvalue weighted by Crippen LogP contribution is -2.56. The van der Waals surface area contributed by atoms with Crippen molar-refractivity contribution >= 4 is 28.9 Å². The van der Waals surface area contributed by atoms with E-state index in [1.54, 1.807) is 23.4 Å². The summed E-state index contributed by atoms with van der Waals surface area (Å²) in [7, 11) is 0.